The van der Waals surface area contributed by atoms with E-state index in [1.807, 2.05) is 23.1 Å². The molecule has 0 bridgehead atoms. The van der Waals surface area contributed by atoms with Crippen molar-refractivity contribution in [1.82, 2.24) is 9.80 Å². The van der Waals surface area contributed by atoms with Gasteiger partial charge in [-0.2, -0.15) is 0 Å². The third kappa shape index (κ3) is 4.72. The number of amides is 1. The average molecular weight is 309 g/mol. The summed E-state index contributed by atoms with van der Waals surface area (Å²) in [6.07, 6.45) is 1.12. The normalized spacial score (nSPS) is 20.0. The van der Waals surface area contributed by atoms with E-state index in [0.717, 1.165) is 37.6 Å². The van der Waals surface area contributed by atoms with Crippen molar-refractivity contribution in [2.24, 2.45) is 5.92 Å². The molecular formula is C17H25ClN2O. The predicted molar refractivity (Wildman–Crippen MR) is 87.4 cm³/mol. The van der Waals surface area contributed by atoms with Crippen molar-refractivity contribution in [2.45, 2.75) is 39.8 Å². The van der Waals surface area contributed by atoms with Crippen molar-refractivity contribution < 1.29 is 4.79 Å². The van der Waals surface area contributed by atoms with Crippen LogP contribution in [0.1, 0.15) is 32.8 Å². The van der Waals surface area contributed by atoms with E-state index in [0.29, 0.717) is 12.0 Å². The number of rotatable bonds is 4. The van der Waals surface area contributed by atoms with E-state index < -0.39 is 0 Å². The Hall–Kier alpha value is -1.06. The Labute approximate surface area is 132 Å². The van der Waals surface area contributed by atoms with Gasteiger partial charge in [0, 0.05) is 44.2 Å². The maximum Gasteiger partial charge on any atom is 0.219 e. The monoisotopic (exact) mass is 308 g/mol. The van der Waals surface area contributed by atoms with Gasteiger partial charge >= 0.3 is 0 Å². The molecular weight excluding hydrogens is 284 g/mol. The lowest BCUT2D eigenvalue weighted by molar-refractivity contribution is -0.132. The zero-order chi connectivity index (χ0) is 15.4. The highest BCUT2D eigenvalue weighted by Gasteiger charge is 2.28. The molecule has 1 fully saturated rings. The quantitative estimate of drug-likeness (QED) is 0.851. The third-order valence-corrected chi connectivity index (χ3v) is 4.30. The van der Waals surface area contributed by atoms with Crippen LogP contribution in [0.5, 0.6) is 0 Å². The molecule has 0 N–H and O–H groups in total. The van der Waals surface area contributed by atoms with Gasteiger partial charge in [0.2, 0.25) is 5.91 Å². The zero-order valence-electron chi connectivity index (χ0n) is 13.2. The van der Waals surface area contributed by atoms with Gasteiger partial charge in [-0.25, -0.2) is 0 Å². The topological polar surface area (TPSA) is 23.6 Å². The second-order valence-corrected chi connectivity index (χ2v) is 6.79. The van der Waals surface area contributed by atoms with Crippen LogP contribution in [0, 0.1) is 5.92 Å². The van der Waals surface area contributed by atoms with Crippen molar-refractivity contribution in [3.8, 4) is 0 Å². The van der Waals surface area contributed by atoms with Gasteiger partial charge in [0.1, 0.15) is 0 Å². The van der Waals surface area contributed by atoms with Crippen LogP contribution in [0.4, 0.5) is 0 Å². The lowest BCUT2D eigenvalue weighted by atomic mass is 9.99. The van der Waals surface area contributed by atoms with Crippen molar-refractivity contribution in [1.29, 1.82) is 0 Å². The molecule has 116 valence electrons. The van der Waals surface area contributed by atoms with Gasteiger partial charge in [-0.05, 0) is 30.0 Å². The summed E-state index contributed by atoms with van der Waals surface area (Å²) in [6.45, 7) is 9.65. The second kappa shape index (κ2) is 7.28. The minimum absolute atomic E-state index is 0.186. The van der Waals surface area contributed by atoms with Gasteiger partial charge in [-0.15, -0.1) is 0 Å². The van der Waals surface area contributed by atoms with Gasteiger partial charge in [-0.1, -0.05) is 37.6 Å². The molecule has 1 amide bonds. The molecule has 0 saturated carbocycles. The van der Waals surface area contributed by atoms with Gasteiger partial charge in [0.05, 0.1) is 0 Å². The molecule has 1 aromatic carbocycles. The van der Waals surface area contributed by atoms with Crippen LogP contribution in [0.15, 0.2) is 24.3 Å². The lowest BCUT2D eigenvalue weighted by Crippen LogP contribution is -2.54. The molecule has 0 aromatic heterocycles. The zero-order valence-corrected chi connectivity index (χ0v) is 13.9. The van der Waals surface area contributed by atoms with E-state index >= 15 is 0 Å². The number of piperazine rings is 1. The number of halogens is 1. The van der Waals surface area contributed by atoms with Crippen molar-refractivity contribution >= 4 is 17.5 Å². The third-order valence-electron chi connectivity index (χ3n) is 4.07. The van der Waals surface area contributed by atoms with Crippen molar-refractivity contribution in [3.05, 3.63) is 34.9 Å². The molecule has 4 heteroatoms. The maximum atomic E-state index is 11.6. The van der Waals surface area contributed by atoms with Crippen LogP contribution in [0.3, 0.4) is 0 Å². The summed E-state index contributed by atoms with van der Waals surface area (Å²) in [6, 6.07) is 8.49. The number of hydrogen-bond acceptors (Lipinski definition) is 2. The number of carbonyl (C=O) groups excluding carboxylic acids is 1. The summed E-state index contributed by atoms with van der Waals surface area (Å²) in [5.41, 5.74) is 1.24. The van der Waals surface area contributed by atoms with Crippen LogP contribution in [0.2, 0.25) is 5.02 Å². The minimum atomic E-state index is 0.186. The largest absolute Gasteiger partial charge is 0.340 e. The van der Waals surface area contributed by atoms with Crippen LogP contribution in [-0.4, -0.2) is 41.4 Å². The fourth-order valence-electron chi connectivity index (χ4n) is 3.02. The molecule has 0 spiro atoms. The van der Waals surface area contributed by atoms with Crippen LogP contribution < -0.4 is 0 Å². The first-order valence-corrected chi connectivity index (χ1v) is 8.07. The molecule has 0 radical (unpaired) electrons. The Balaban J connectivity index is 2.07. The molecule has 2 rings (SSSR count). The molecule has 1 atom stereocenters. The first-order chi connectivity index (χ1) is 9.95. The van der Waals surface area contributed by atoms with Gasteiger partial charge < -0.3 is 4.90 Å². The molecule has 3 nitrogen and oxygen atoms in total. The van der Waals surface area contributed by atoms with E-state index in [1.165, 1.54) is 5.56 Å². The Kier molecular flexibility index (Phi) is 5.65. The average Bonchev–Trinajstić information content (AvgIpc) is 2.40. The second-order valence-electron chi connectivity index (χ2n) is 6.35. The highest BCUT2D eigenvalue weighted by Crippen LogP contribution is 2.21. The predicted octanol–water partition coefficient (Wildman–Crippen LogP) is 3.42. The van der Waals surface area contributed by atoms with E-state index in [1.54, 1.807) is 6.92 Å². The van der Waals surface area contributed by atoms with Crippen LogP contribution in [0.25, 0.3) is 0 Å². The summed E-state index contributed by atoms with van der Waals surface area (Å²) in [7, 11) is 0. The molecule has 1 saturated heterocycles. The minimum Gasteiger partial charge on any atom is -0.340 e. The Bertz CT molecular complexity index is 489. The van der Waals surface area contributed by atoms with Crippen molar-refractivity contribution in [3.63, 3.8) is 0 Å². The first kappa shape index (κ1) is 16.3. The summed E-state index contributed by atoms with van der Waals surface area (Å²) in [5, 5.41) is 0.787. The molecule has 1 aliphatic heterocycles. The maximum absolute atomic E-state index is 11.6. The van der Waals surface area contributed by atoms with E-state index in [-0.39, 0.29) is 5.91 Å². The molecule has 0 unspecified atom stereocenters. The van der Waals surface area contributed by atoms with E-state index in [4.69, 9.17) is 11.6 Å². The fourth-order valence-corrected chi connectivity index (χ4v) is 3.24. The number of nitrogens with zero attached hydrogens (tertiary/aromatic N) is 2. The smallest absolute Gasteiger partial charge is 0.219 e. The number of benzene rings is 1. The van der Waals surface area contributed by atoms with Gasteiger partial charge in [-0.3, -0.25) is 9.69 Å². The first-order valence-electron chi connectivity index (χ1n) is 7.69. The van der Waals surface area contributed by atoms with Crippen LogP contribution >= 0.6 is 11.6 Å². The van der Waals surface area contributed by atoms with Crippen molar-refractivity contribution in [2.75, 3.05) is 19.6 Å². The Morgan fingerprint density at radius 2 is 2.14 bits per heavy atom. The molecule has 1 aliphatic rings. The summed E-state index contributed by atoms with van der Waals surface area (Å²) < 4.78 is 0. The lowest BCUT2D eigenvalue weighted by Gasteiger charge is -2.42. The Morgan fingerprint density at radius 3 is 2.76 bits per heavy atom. The molecule has 1 aromatic rings. The van der Waals surface area contributed by atoms with E-state index in [2.05, 4.69) is 24.8 Å². The Morgan fingerprint density at radius 1 is 1.38 bits per heavy atom. The summed E-state index contributed by atoms with van der Waals surface area (Å²) >= 11 is 6.08. The standard InChI is InChI=1S/C17H25ClN2O/c1-13(2)9-17-12-19(14(3)21)7-8-20(17)11-15-5-4-6-16(18)10-15/h4-6,10,13,17H,7-9,11-12H2,1-3H3/t17-/m0/s1. The van der Waals surface area contributed by atoms with Crippen LogP contribution in [-0.2, 0) is 11.3 Å². The highest BCUT2D eigenvalue weighted by atomic mass is 35.5. The van der Waals surface area contributed by atoms with Gasteiger partial charge in [0.15, 0.2) is 0 Å². The summed E-state index contributed by atoms with van der Waals surface area (Å²) in [4.78, 5) is 16.1. The van der Waals surface area contributed by atoms with Gasteiger partial charge in [0.25, 0.3) is 0 Å². The number of hydrogen-bond donors (Lipinski definition) is 0. The summed E-state index contributed by atoms with van der Waals surface area (Å²) in [5.74, 6) is 0.815. The molecule has 1 heterocycles. The molecule has 21 heavy (non-hydrogen) atoms. The highest BCUT2D eigenvalue weighted by molar-refractivity contribution is 6.30. The van der Waals surface area contributed by atoms with E-state index in [9.17, 15) is 4.79 Å². The molecule has 0 aliphatic carbocycles. The number of carbonyl (C=O) groups is 1. The fraction of sp³-hybridized carbons (Fsp3) is 0.588. The SMILES string of the molecule is CC(=O)N1CCN(Cc2cccc(Cl)c2)[C@@H](CC(C)C)C1.